The second-order valence-electron chi connectivity index (χ2n) is 6.41. The monoisotopic (exact) mass is 288 g/mol. The van der Waals surface area contributed by atoms with Crippen molar-refractivity contribution in [1.29, 1.82) is 0 Å². The van der Waals surface area contributed by atoms with Gasteiger partial charge >= 0.3 is 0 Å². The van der Waals surface area contributed by atoms with Crippen molar-refractivity contribution in [3.63, 3.8) is 0 Å². The van der Waals surface area contributed by atoms with E-state index in [1.54, 1.807) is 7.11 Å². The lowest BCUT2D eigenvalue weighted by molar-refractivity contribution is -0.135. The largest absolute Gasteiger partial charge is 0.496 e. The van der Waals surface area contributed by atoms with Crippen LogP contribution in [0.15, 0.2) is 24.3 Å². The lowest BCUT2D eigenvalue weighted by Gasteiger charge is -2.33. The molecule has 0 radical (unpaired) electrons. The SMILES string of the molecule is COc1ccccc1CC1CCN(C(=O)C2(N)CC2)CC1. The Morgan fingerprint density at radius 3 is 2.62 bits per heavy atom. The standard InChI is InChI=1S/C17H24N2O2/c1-21-15-5-3-2-4-14(15)12-13-6-10-19(11-7-13)16(20)17(18)8-9-17/h2-5,13H,6-12,18H2,1H3. The van der Waals surface area contributed by atoms with Crippen molar-refractivity contribution >= 4 is 5.91 Å². The highest BCUT2D eigenvalue weighted by Crippen LogP contribution is 2.35. The Bertz CT molecular complexity index is 517. The third-order valence-electron chi connectivity index (χ3n) is 4.82. The van der Waals surface area contributed by atoms with Gasteiger partial charge in [-0.25, -0.2) is 0 Å². The number of nitrogens with two attached hydrogens (primary N) is 1. The molecule has 114 valence electrons. The van der Waals surface area contributed by atoms with Crippen LogP contribution >= 0.6 is 0 Å². The maximum Gasteiger partial charge on any atom is 0.242 e. The van der Waals surface area contributed by atoms with Crippen LogP contribution in [0.25, 0.3) is 0 Å². The highest BCUT2D eigenvalue weighted by Gasteiger charge is 2.48. The van der Waals surface area contributed by atoms with E-state index in [1.807, 2.05) is 17.0 Å². The number of carbonyl (C=O) groups is 1. The number of likely N-dealkylation sites (tertiary alicyclic amines) is 1. The number of hydrogen-bond acceptors (Lipinski definition) is 3. The number of hydrogen-bond donors (Lipinski definition) is 1. The van der Waals surface area contributed by atoms with Crippen LogP contribution in [0.1, 0.15) is 31.2 Å². The van der Waals surface area contributed by atoms with Crippen molar-refractivity contribution in [3.8, 4) is 5.75 Å². The van der Waals surface area contributed by atoms with Gasteiger partial charge in [0.05, 0.1) is 12.6 Å². The van der Waals surface area contributed by atoms with Crippen LogP contribution in [0.4, 0.5) is 0 Å². The summed E-state index contributed by atoms with van der Waals surface area (Å²) in [5.41, 5.74) is 6.76. The molecule has 0 spiro atoms. The van der Waals surface area contributed by atoms with Crippen LogP contribution < -0.4 is 10.5 Å². The molecule has 4 nitrogen and oxygen atoms in total. The molecule has 4 heteroatoms. The van der Waals surface area contributed by atoms with Gasteiger partial charge in [-0.2, -0.15) is 0 Å². The fourth-order valence-electron chi connectivity index (χ4n) is 3.19. The summed E-state index contributed by atoms with van der Waals surface area (Å²) in [5, 5.41) is 0. The van der Waals surface area contributed by atoms with E-state index in [0.29, 0.717) is 5.92 Å². The van der Waals surface area contributed by atoms with E-state index < -0.39 is 5.54 Å². The van der Waals surface area contributed by atoms with Gasteiger partial charge in [-0.05, 0) is 49.7 Å². The predicted molar refractivity (Wildman–Crippen MR) is 82.2 cm³/mol. The minimum atomic E-state index is -0.518. The van der Waals surface area contributed by atoms with Gasteiger partial charge in [0, 0.05) is 13.1 Å². The molecule has 1 aromatic rings. The molecule has 0 aromatic heterocycles. The second kappa shape index (κ2) is 5.68. The third kappa shape index (κ3) is 3.05. The lowest BCUT2D eigenvalue weighted by atomic mass is 9.89. The molecule has 1 heterocycles. The molecule has 1 saturated heterocycles. The lowest BCUT2D eigenvalue weighted by Crippen LogP contribution is -2.48. The summed E-state index contributed by atoms with van der Waals surface area (Å²) in [5.74, 6) is 1.76. The topological polar surface area (TPSA) is 55.6 Å². The van der Waals surface area contributed by atoms with Crippen LogP contribution in [0.2, 0.25) is 0 Å². The number of amides is 1. The number of nitrogens with zero attached hydrogens (tertiary/aromatic N) is 1. The predicted octanol–water partition coefficient (Wildman–Crippen LogP) is 1.97. The molecule has 1 amide bonds. The van der Waals surface area contributed by atoms with E-state index in [9.17, 15) is 4.79 Å². The Balaban J connectivity index is 1.55. The van der Waals surface area contributed by atoms with Gasteiger partial charge in [0.2, 0.25) is 5.91 Å². The molecular formula is C17H24N2O2. The molecule has 0 atom stereocenters. The first-order valence-corrected chi connectivity index (χ1v) is 7.82. The minimum absolute atomic E-state index is 0.165. The number of para-hydroxylation sites is 1. The summed E-state index contributed by atoms with van der Waals surface area (Å²) < 4.78 is 5.42. The van der Waals surface area contributed by atoms with Gasteiger partial charge in [0.25, 0.3) is 0 Å². The third-order valence-corrected chi connectivity index (χ3v) is 4.82. The van der Waals surface area contributed by atoms with Crippen LogP contribution in [0.3, 0.4) is 0 Å². The zero-order valence-corrected chi connectivity index (χ0v) is 12.7. The summed E-state index contributed by atoms with van der Waals surface area (Å²) in [4.78, 5) is 14.2. The zero-order valence-electron chi connectivity index (χ0n) is 12.7. The first kappa shape index (κ1) is 14.4. The van der Waals surface area contributed by atoms with Gasteiger partial charge < -0.3 is 15.4 Å². The van der Waals surface area contributed by atoms with Gasteiger partial charge in [0.1, 0.15) is 5.75 Å². The Morgan fingerprint density at radius 2 is 2.00 bits per heavy atom. The van der Waals surface area contributed by atoms with Gasteiger partial charge in [-0.3, -0.25) is 4.79 Å². The molecule has 1 aliphatic heterocycles. The highest BCUT2D eigenvalue weighted by molar-refractivity contribution is 5.89. The van der Waals surface area contributed by atoms with E-state index in [4.69, 9.17) is 10.5 Å². The van der Waals surface area contributed by atoms with Crippen molar-refractivity contribution < 1.29 is 9.53 Å². The van der Waals surface area contributed by atoms with Crippen molar-refractivity contribution in [2.24, 2.45) is 11.7 Å². The molecule has 0 unspecified atom stereocenters. The van der Waals surface area contributed by atoms with E-state index in [2.05, 4.69) is 12.1 Å². The van der Waals surface area contributed by atoms with Crippen molar-refractivity contribution in [3.05, 3.63) is 29.8 Å². The van der Waals surface area contributed by atoms with E-state index >= 15 is 0 Å². The molecule has 1 saturated carbocycles. The Kier molecular flexibility index (Phi) is 3.89. The number of piperidine rings is 1. The number of benzene rings is 1. The molecule has 2 fully saturated rings. The first-order valence-electron chi connectivity index (χ1n) is 7.82. The average Bonchev–Trinajstić information content (AvgIpc) is 3.27. The van der Waals surface area contributed by atoms with Gasteiger partial charge in [0.15, 0.2) is 0 Å². The molecule has 0 bridgehead atoms. The summed E-state index contributed by atoms with van der Waals surface area (Å²) in [6.45, 7) is 1.69. The zero-order chi connectivity index (χ0) is 14.9. The maximum atomic E-state index is 12.2. The van der Waals surface area contributed by atoms with Crippen LogP contribution in [-0.2, 0) is 11.2 Å². The molecule has 3 rings (SSSR count). The molecule has 1 aliphatic carbocycles. The molecule has 21 heavy (non-hydrogen) atoms. The second-order valence-corrected chi connectivity index (χ2v) is 6.41. The van der Waals surface area contributed by atoms with Crippen molar-refractivity contribution in [1.82, 2.24) is 4.90 Å². The van der Waals surface area contributed by atoms with E-state index in [-0.39, 0.29) is 5.91 Å². The Morgan fingerprint density at radius 1 is 1.33 bits per heavy atom. The normalized spacial score (nSPS) is 21.1. The summed E-state index contributed by atoms with van der Waals surface area (Å²) in [6.07, 6.45) is 4.85. The number of rotatable bonds is 4. The quantitative estimate of drug-likeness (QED) is 0.921. The van der Waals surface area contributed by atoms with Gasteiger partial charge in [-0.1, -0.05) is 18.2 Å². The van der Waals surface area contributed by atoms with Crippen LogP contribution in [0.5, 0.6) is 5.75 Å². The van der Waals surface area contributed by atoms with Gasteiger partial charge in [-0.15, -0.1) is 0 Å². The average molecular weight is 288 g/mol. The number of ether oxygens (including phenoxy) is 1. The van der Waals surface area contributed by atoms with E-state index in [1.165, 1.54) is 5.56 Å². The smallest absolute Gasteiger partial charge is 0.242 e. The maximum absolute atomic E-state index is 12.2. The Hall–Kier alpha value is -1.55. The number of carbonyl (C=O) groups excluding carboxylic acids is 1. The first-order chi connectivity index (χ1) is 10.1. The molecule has 1 aromatic carbocycles. The minimum Gasteiger partial charge on any atom is -0.496 e. The molecular weight excluding hydrogens is 264 g/mol. The highest BCUT2D eigenvalue weighted by atomic mass is 16.5. The van der Waals surface area contributed by atoms with Crippen molar-refractivity contribution in [2.45, 2.75) is 37.6 Å². The fraction of sp³-hybridized carbons (Fsp3) is 0.588. The summed E-state index contributed by atoms with van der Waals surface area (Å²) >= 11 is 0. The summed E-state index contributed by atoms with van der Waals surface area (Å²) in [6, 6.07) is 8.20. The van der Waals surface area contributed by atoms with Crippen LogP contribution in [-0.4, -0.2) is 36.5 Å². The molecule has 2 N–H and O–H groups in total. The molecule has 2 aliphatic rings. The summed E-state index contributed by atoms with van der Waals surface area (Å²) in [7, 11) is 1.72. The Labute approximate surface area is 126 Å². The fourth-order valence-corrected chi connectivity index (χ4v) is 3.19. The number of methoxy groups -OCH3 is 1. The van der Waals surface area contributed by atoms with E-state index in [0.717, 1.165) is 50.9 Å². The van der Waals surface area contributed by atoms with Crippen LogP contribution in [0, 0.1) is 5.92 Å². The van der Waals surface area contributed by atoms with Crippen molar-refractivity contribution in [2.75, 3.05) is 20.2 Å².